The highest BCUT2D eigenvalue weighted by atomic mass is 79.9. The van der Waals surface area contributed by atoms with Gasteiger partial charge in [0.05, 0.1) is 37.4 Å². The number of hydrogen-bond acceptors (Lipinski definition) is 6. The lowest BCUT2D eigenvalue weighted by Crippen LogP contribution is -1.94. The molecule has 2 aromatic rings. The fraction of sp³-hybridized carbons (Fsp3) is 0.188. The predicted octanol–water partition coefficient (Wildman–Crippen LogP) is 2.10. The molecule has 0 saturated heterocycles. The number of aliphatic hydroxyl groups is 2. The highest BCUT2D eigenvalue weighted by molar-refractivity contribution is 9.10. The number of nitrogens with zero attached hydrogens (tertiary/aromatic N) is 2. The van der Waals surface area contributed by atoms with Crippen LogP contribution in [0.25, 0.3) is 6.08 Å². The van der Waals surface area contributed by atoms with Crippen molar-refractivity contribution >= 4 is 28.0 Å². The average Bonchev–Trinajstić information content (AvgIpc) is 2.60. The maximum atomic E-state index is 10.8. The van der Waals surface area contributed by atoms with Crippen molar-refractivity contribution in [2.75, 3.05) is 7.11 Å². The Bertz CT molecular complexity index is 662. The van der Waals surface area contributed by atoms with Gasteiger partial charge in [0, 0.05) is 6.08 Å². The first-order chi connectivity index (χ1) is 11.1. The molecule has 0 unspecified atom stereocenters. The predicted molar refractivity (Wildman–Crippen MR) is 89.1 cm³/mol. The summed E-state index contributed by atoms with van der Waals surface area (Å²) in [6.45, 7) is -0.112. The Morgan fingerprint density at radius 1 is 1.13 bits per heavy atom. The van der Waals surface area contributed by atoms with E-state index in [4.69, 9.17) is 10.2 Å². The van der Waals surface area contributed by atoms with Crippen LogP contribution >= 0.6 is 15.9 Å². The van der Waals surface area contributed by atoms with Crippen LogP contribution in [-0.2, 0) is 22.7 Å². The molecule has 2 aromatic heterocycles. The summed E-state index contributed by atoms with van der Waals surface area (Å²) in [6.07, 6.45) is 2.81. The second-order valence-corrected chi connectivity index (χ2v) is 4.99. The second kappa shape index (κ2) is 10.6. The largest absolute Gasteiger partial charge is 0.466 e. The van der Waals surface area contributed by atoms with Crippen LogP contribution in [0.3, 0.4) is 0 Å². The molecule has 0 aliphatic rings. The van der Waals surface area contributed by atoms with E-state index in [-0.39, 0.29) is 13.2 Å². The van der Waals surface area contributed by atoms with Gasteiger partial charge in [-0.15, -0.1) is 0 Å². The van der Waals surface area contributed by atoms with E-state index in [0.29, 0.717) is 17.1 Å². The third-order valence-corrected chi connectivity index (χ3v) is 2.96. The summed E-state index contributed by atoms with van der Waals surface area (Å²) in [7, 11) is 1.31. The maximum Gasteiger partial charge on any atom is 0.330 e. The third-order valence-electron chi connectivity index (χ3n) is 2.52. The van der Waals surface area contributed by atoms with Gasteiger partial charge in [0.15, 0.2) is 0 Å². The SMILES string of the molecule is COC(=O)/C=C/c1cccc(CO)n1.OCc1cccc(Br)n1. The summed E-state index contributed by atoms with van der Waals surface area (Å²) in [5, 5.41) is 17.4. The molecule has 0 saturated carbocycles. The zero-order valence-corrected chi connectivity index (χ0v) is 14.1. The Balaban J connectivity index is 0.000000253. The summed E-state index contributed by atoms with van der Waals surface area (Å²) in [6, 6.07) is 10.6. The summed E-state index contributed by atoms with van der Waals surface area (Å²) in [5.41, 5.74) is 1.86. The van der Waals surface area contributed by atoms with Gasteiger partial charge in [-0.3, -0.25) is 4.98 Å². The number of rotatable bonds is 4. The van der Waals surface area contributed by atoms with Gasteiger partial charge < -0.3 is 14.9 Å². The molecule has 2 rings (SSSR count). The molecule has 0 aliphatic carbocycles. The Morgan fingerprint density at radius 2 is 1.74 bits per heavy atom. The number of ether oxygens (including phenoxy) is 1. The van der Waals surface area contributed by atoms with E-state index in [0.717, 1.165) is 4.60 Å². The monoisotopic (exact) mass is 380 g/mol. The highest BCUT2D eigenvalue weighted by Crippen LogP contribution is 2.05. The minimum Gasteiger partial charge on any atom is -0.466 e. The third kappa shape index (κ3) is 7.64. The van der Waals surface area contributed by atoms with E-state index in [9.17, 15) is 4.79 Å². The average molecular weight is 381 g/mol. The number of aliphatic hydroxyl groups excluding tert-OH is 2. The fourth-order valence-electron chi connectivity index (χ4n) is 1.44. The Kier molecular flexibility index (Phi) is 8.74. The lowest BCUT2D eigenvalue weighted by Gasteiger charge is -1.96. The first-order valence-electron chi connectivity index (χ1n) is 6.64. The van der Waals surface area contributed by atoms with Crippen LogP contribution in [0, 0.1) is 0 Å². The molecule has 7 heteroatoms. The van der Waals surface area contributed by atoms with Crippen LogP contribution in [-0.4, -0.2) is 33.3 Å². The number of esters is 1. The van der Waals surface area contributed by atoms with Gasteiger partial charge >= 0.3 is 5.97 Å². The summed E-state index contributed by atoms with van der Waals surface area (Å²) >= 11 is 3.18. The van der Waals surface area contributed by atoms with Crippen LogP contribution in [0.1, 0.15) is 17.1 Å². The molecule has 0 aliphatic heterocycles. The molecule has 23 heavy (non-hydrogen) atoms. The maximum absolute atomic E-state index is 10.8. The van der Waals surface area contributed by atoms with Gasteiger partial charge in [0.25, 0.3) is 0 Å². The van der Waals surface area contributed by atoms with E-state index in [1.54, 1.807) is 24.3 Å². The Labute approximate surface area is 142 Å². The van der Waals surface area contributed by atoms with E-state index in [1.165, 1.54) is 19.3 Å². The summed E-state index contributed by atoms with van der Waals surface area (Å²) in [4.78, 5) is 18.8. The van der Waals surface area contributed by atoms with E-state index in [2.05, 4.69) is 30.6 Å². The zero-order chi connectivity index (χ0) is 17.1. The van der Waals surface area contributed by atoms with Crippen molar-refractivity contribution in [2.24, 2.45) is 0 Å². The number of carbonyl (C=O) groups is 1. The van der Waals surface area contributed by atoms with Crippen LogP contribution in [0.5, 0.6) is 0 Å². The quantitative estimate of drug-likeness (QED) is 0.479. The summed E-state index contributed by atoms with van der Waals surface area (Å²) in [5.74, 6) is -0.429. The molecule has 0 atom stereocenters. The molecule has 0 aromatic carbocycles. The Morgan fingerprint density at radius 3 is 2.26 bits per heavy atom. The zero-order valence-electron chi connectivity index (χ0n) is 12.5. The molecule has 6 nitrogen and oxygen atoms in total. The van der Waals surface area contributed by atoms with Crippen LogP contribution in [0.4, 0.5) is 0 Å². The van der Waals surface area contributed by atoms with Crippen molar-refractivity contribution in [3.05, 3.63) is 64.2 Å². The lowest BCUT2D eigenvalue weighted by molar-refractivity contribution is -0.134. The molecule has 0 bridgehead atoms. The number of carbonyl (C=O) groups excluding carboxylic acids is 1. The smallest absolute Gasteiger partial charge is 0.330 e. The van der Waals surface area contributed by atoms with Gasteiger partial charge in [0.2, 0.25) is 0 Å². The van der Waals surface area contributed by atoms with E-state index in [1.807, 2.05) is 12.1 Å². The molecule has 0 amide bonds. The van der Waals surface area contributed by atoms with Gasteiger partial charge in [0.1, 0.15) is 4.60 Å². The number of hydrogen-bond donors (Lipinski definition) is 2. The number of pyridine rings is 2. The van der Waals surface area contributed by atoms with E-state index >= 15 is 0 Å². The highest BCUT2D eigenvalue weighted by Gasteiger charge is 1.95. The molecule has 2 heterocycles. The lowest BCUT2D eigenvalue weighted by atomic mass is 10.3. The first-order valence-corrected chi connectivity index (χ1v) is 7.43. The van der Waals surface area contributed by atoms with Crippen LogP contribution < -0.4 is 0 Å². The normalized spacial score (nSPS) is 10.1. The van der Waals surface area contributed by atoms with Crippen molar-refractivity contribution in [2.45, 2.75) is 13.2 Å². The van der Waals surface area contributed by atoms with Gasteiger partial charge in [-0.1, -0.05) is 12.1 Å². The minimum absolute atomic E-state index is 0.000556. The van der Waals surface area contributed by atoms with Gasteiger partial charge in [-0.25, -0.2) is 9.78 Å². The molecule has 0 radical (unpaired) electrons. The first kappa shape index (κ1) is 19.0. The number of methoxy groups -OCH3 is 1. The summed E-state index contributed by atoms with van der Waals surface area (Å²) < 4.78 is 5.18. The molecule has 0 fully saturated rings. The van der Waals surface area contributed by atoms with Gasteiger partial charge in [-0.2, -0.15) is 0 Å². The molecular weight excluding hydrogens is 364 g/mol. The molecule has 0 spiro atoms. The van der Waals surface area contributed by atoms with Crippen molar-refractivity contribution in [3.8, 4) is 0 Å². The van der Waals surface area contributed by atoms with E-state index < -0.39 is 5.97 Å². The second-order valence-electron chi connectivity index (χ2n) is 4.18. The van der Waals surface area contributed by atoms with Crippen molar-refractivity contribution in [1.82, 2.24) is 9.97 Å². The van der Waals surface area contributed by atoms with Gasteiger partial charge in [-0.05, 0) is 46.3 Å². The van der Waals surface area contributed by atoms with Crippen molar-refractivity contribution in [1.29, 1.82) is 0 Å². The topological polar surface area (TPSA) is 92.5 Å². The van der Waals surface area contributed by atoms with Crippen molar-refractivity contribution in [3.63, 3.8) is 0 Å². The molecule has 122 valence electrons. The standard InChI is InChI=1S/C10H11NO3.C6H6BrNO/c1-14-10(13)6-5-8-3-2-4-9(7-12)11-8;7-6-3-1-2-5(4-9)8-6/h2-6,12H,7H2,1H3;1-3,9H,4H2/b6-5+;. The number of halogens is 1. The molecule has 2 N–H and O–H groups in total. The fourth-order valence-corrected chi connectivity index (χ4v) is 1.82. The number of aromatic nitrogens is 2. The molecular formula is C16H17BrN2O4. The van der Waals surface area contributed by atoms with Crippen LogP contribution in [0.2, 0.25) is 0 Å². The Hall–Kier alpha value is -2.09. The minimum atomic E-state index is -0.429. The van der Waals surface area contributed by atoms with Crippen molar-refractivity contribution < 1.29 is 19.7 Å². The van der Waals surface area contributed by atoms with Crippen LogP contribution in [0.15, 0.2) is 47.1 Å².